The number of aliphatic hydroxyl groups excluding tert-OH is 1. The maximum atomic E-state index is 13.1. The molecule has 17 nitrogen and oxygen atoms in total. The second-order valence-electron chi connectivity index (χ2n) is 24.8. The molecule has 0 radical (unpaired) electrons. The van der Waals surface area contributed by atoms with Crippen LogP contribution in [-0.2, 0) is 65.4 Å². The third-order valence-corrected chi connectivity index (χ3v) is 17.0. The molecule has 0 aromatic carbocycles. The summed E-state index contributed by atoms with van der Waals surface area (Å²) in [4.78, 5) is 72.9. The number of hydrogen-bond acceptors (Lipinski definition) is 15. The SMILES string of the molecule is CC/C=C\C/C=C\C/C=C\C/C=C\C/C=C\CCCCCC(=O)OCC(COP(=O)(O)OCC(O)COP(=O)(O)OCC(COC(=O)CCC/C=C\C/C=C\C/C=C\C/C=C\C/C=C\CC)OC(=O)CCCCCCC/C=C\CCCCCC)OC(=O)C/C=C\C/C=C\C/C=C\C/C=C\C/C=C\CC. The fourth-order valence-corrected chi connectivity index (χ4v) is 10.9. The molecule has 0 heterocycles. The van der Waals surface area contributed by atoms with Gasteiger partial charge in [-0.3, -0.25) is 37.3 Å². The summed E-state index contributed by atoms with van der Waals surface area (Å²) in [5.74, 6) is -2.46. The Morgan fingerprint density at radius 3 is 0.913 bits per heavy atom. The molecule has 5 unspecified atom stereocenters. The van der Waals surface area contributed by atoms with Crippen LogP contribution in [-0.4, -0.2) is 96.7 Å². The lowest BCUT2D eigenvalue weighted by Gasteiger charge is -2.21. The molecular weight excluding hydrogens is 1350 g/mol. The molecular formula is C85H134O17P2. The van der Waals surface area contributed by atoms with Gasteiger partial charge in [0.15, 0.2) is 12.2 Å². The van der Waals surface area contributed by atoms with Crippen LogP contribution in [0.15, 0.2) is 194 Å². The molecule has 0 aliphatic carbocycles. The fraction of sp³-hybridized carbons (Fsp3) is 0.576. The summed E-state index contributed by atoms with van der Waals surface area (Å²) in [6.07, 6.45) is 91.8. The zero-order chi connectivity index (χ0) is 76.0. The van der Waals surface area contributed by atoms with Gasteiger partial charge in [0, 0.05) is 19.3 Å². The predicted molar refractivity (Wildman–Crippen MR) is 426 cm³/mol. The largest absolute Gasteiger partial charge is 0.472 e. The van der Waals surface area contributed by atoms with Gasteiger partial charge in [-0.25, -0.2) is 9.13 Å². The van der Waals surface area contributed by atoms with E-state index >= 15 is 0 Å². The molecule has 0 amide bonds. The molecule has 0 bridgehead atoms. The first-order chi connectivity index (χ1) is 50.7. The van der Waals surface area contributed by atoms with Crippen LogP contribution in [0.25, 0.3) is 0 Å². The highest BCUT2D eigenvalue weighted by Gasteiger charge is 2.30. The van der Waals surface area contributed by atoms with Gasteiger partial charge in [0.1, 0.15) is 19.3 Å². The number of phosphoric acid groups is 2. The molecule has 0 fully saturated rings. The van der Waals surface area contributed by atoms with Crippen LogP contribution in [0.3, 0.4) is 0 Å². The lowest BCUT2D eigenvalue weighted by atomic mass is 10.1. The topological polar surface area (TPSA) is 237 Å². The Morgan fingerprint density at radius 2 is 0.548 bits per heavy atom. The Labute approximate surface area is 627 Å². The number of esters is 4. The number of aliphatic hydroxyl groups is 1. The molecule has 0 aliphatic rings. The molecule has 0 aromatic rings. The van der Waals surface area contributed by atoms with E-state index in [1.807, 2.05) is 24.3 Å². The van der Waals surface area contributed by atoms with Crippen LogP contribution in [0.2, 0.25) is 0 Å². The monoisotopic (exact) mass is 1490 g/mol. The fourth-order valence-electron chi connectivity index (χ4n) is 9.29. The zero-order valence-corrected chi connectivity index (χ0v) is 65.6. The van der Waals surface area contributed by atoms with E-state index in [0.29, 0.717) is 32.1 Å². The molecule has 19 heteroatoms. The van der Waals surface area contributed by atoms with E-state index in [2.05, 4.69) is 186 Å². The average molecular weight is 1490 g/mol. The maximum absolute atomic E-state index is 13.1. The van der Waals surface area contributed by atoms with Crippen LogP contribution < -0.4 is 0 Å². The average Bonchev–Trinajstić information content (AvgIpc) is 0.911. The quantitative estimate of drug-likeness (QED) is 0.0169. The molecule has 3 N–H and O–H groups in total. The predicted octanol–water partition coefficient (Wildman–Crippen LogP) is 22.5. The highest BCUT2D eigenvalue weighted by Crippen LogP contribution is 2.45. The normalized spacial score (nSPS) is 15.0. The van der Waals surface area contributed by atoms with Gasteiger partial charge in [-0.1, -0.05) is 267 Å². The van der Waals surface area contributed by atoms with E-state index in [-0.39, 0.29) is 25.7 Å². The second kappa shape index (κ2) is 75.1. The van der Waals surface area contributed by atoms with Gasteiger partial charge in [0.25, 0.3) is 0 Å². The second-order valence-corrected chi connectivity index (χ2v) is 27.7. The first kappa shape index (κ1) is 97.9. The number of rotatable bonds is 70. The Bertz CT molecular complexity index is 2740. The molecule has 0 rings (SSSR count). The molecule has 104 heavy (non-hydrogen) atoms. The van der Waals surface area contributed by atoms with Crippen molar-refractivity contribution in [2.24, 2.45) is 0 Å². The summed E-state index contributed by atoms with van der Waals surface area (Å²) in [5.41, 5.74) is 0. The van der Waals surface area contributed by atoms with Crippen molar-refractivity contribution >= 4 is 39.5 Å². The van der Waals surface area contributed by atoms with Crippen molar-refractivity contribution in [1.29, 1.82) is 0 Å². The summed E-state index contributed by atoms with van der Waals surface area (Å²) in [5, 5.41) is 10.6. The number of hydrogen-bond donors (Lipinski definition) is 3. The molecule has 0 saturated carbocycles. The van der Waals surface area contributed by atoms with Crippen molar-refractivity contribution < 1.29 is 80.2 Å². The number of carbonyl (C=O) groups excluding carboxylic acids is 4. The summed E-state index contributed by atoms with van der Waals surface area (Å²) < 4.78 is 68.3. The van der Waals surface area contributed by atoms with Crippen molar-refractivity contribution in [3.63, 3.8) is 0 Å². The number of ether oxygens (including phenoxy) is 4. The lowest BCUT2D eigenvalue weighted by Crippen LogP contribution is -2.30. The van der Waals surface area contributed by atoms with Crippen molar-refractivity contribution in [2.75, 3.05) is 39.6 Å². The van der Waals surface area contributed by atoms with Crippen molar-refractivity contribution in [1.82, 2.24) is 0 Å². The van der Waals surface area contributed by atoms with Gasteiger partial charge in [0.2, 0.25) is 0 Å². The molecule has 586 valence electrons. The zero-order valence-electron chi connectivity index (χ0n) is 63.9. The standard InChI is InChI=1S/C85H134O17P2/c1-5-9-13-17-21-25-29-33-36-38-39-41-44-47-50-54-58-62-66-70-83(88)96-76-81(102-85(90)72-68-64-60-56-52-48-42-35-31-27-23-19-15-11-7-3)78-100-104(93,94)98-74-79(86)73-97-103(91,92)99-77-80(101-84(89)71-67-63-59-55-51-45-32-28-24-20-16-12-8-4)75-95-82(87)69-65-61-57-53-49-46-43-40-37-34-30-26-22-18-14-10-6-2/h9-11,13-15,21-23,25-28,32-37,39,41-43,46-47,50,52-53,56-57,64,68,79-81,86H,5-8,12,16-20,24,29-31,38,40,44-45,48-49,51,54-55,58-63,65-67,69-78H2,1-4H3,(H,91,92)(H,93,94)/b13-9-,14-10-,15-11-,25-21-,26-22-,27-23-,32-28-,36-33-,37-34-,41-39-,42-35-,46-43-,50-47-,56-52-,57-53-,68-64-. The van der Waals surface area contributed by atoms with E-state index in [9.17, 15) is 43.2 Å². The minimum absolute atomic E-state index is 0.0621. The molecule has 0 aromatic heterocycles. The van der Waals surface area contributed by atoms with Crippen LogP contribution >= 0.6 is 15.6 Å². The van der Waals surface area contributed by atoms with Gasteiger partial charge in [-0.2, -0.15) is 0 Å². The van der Waals surface area contributed by atoms with E-state index < -0.39 is 97.5 Å². The third-order valence-electron chi connectivity index (χ3n) is 15.1. The Morgan fingerprint density at radius 1 is 0.288 bits per heavy atom. The Hall–Kier alpha value is -6.10. The minimum Gasteiger partial charge on any atom is -0.462 e. The first-order valence-electron chi connectivity index (χ1n) is 38.7. The summed E-state index contributed by atoms with van der Waals surface area (Å²) in [6, 6.07) is 0. The van der Waals surface area contributed by atoms with Crippen LogP contribution in [0, 0.1) is 0 Å². The molecule has 5 atom stereocenters. The minimum atomic E-state index is -5.02. The third kappa shape index (κ3) is 74.2. The van der Waals surface area contributed by atoms with E-state index in [4.69, 9.17) is 37.0 Å². The van der Waals surface area contributed by atoms with Gasteiger partial charge >= 0.3 is 39.5 Å². The molecule has 0 saturated heterocycles. The van der Waals surface area contributed by atoms with Crippen LogP contribution in [0.5, 0.6) is 0 Å². The number of unbranched alkanes of at least 4 members (excludes halogenated alkanes) is 13. The maximum Gasteiger partial charge on any atom is 0.472 e. The van der Waals surface area contributed by atoms with Crippen molar-refractivity contribution in [3.8, 4) is 0 Å². The smallest absolute Gasteiger partial charge is 0.462 e. The van der Waals surface area contributed by atoms with E-state index in [1.54, 1.807) is 12.2 Å². The molecule has 0 aliphatic heterocycles. The van der Waals surface area contributed by atoms with Gasteiger partial charge in [-0.05, 0) is 161 Å². The highest BCUT2D eigenvalue weighted by molar-refractivity contribution is 7.47. The van der Waals surface area contributed by atoms with Gasteiger partial charge < -0.3 is 33.8 Å². The Balaban J connectivity index is 5.52. The van der Waals surface area contributed by atoms with E-state index in [1.165, 1.54) is 25.7 Å². The summed E-state index contributed by atoms with van der Waals surface area (Å²) in [7, 11) is -10.0. The lowest BCUT2D eigenvalue weighted by molar-refractivity contribution is -0.161. The van der Waals surface area contributed by atoms with Crippen LogP contribution in [0.4, 0.5) is 0 Å². The molecule has 0 spiro atoms. The first-order valence-corrected chi connectivity index (χ1v) is 41.7. The van der Waals surface area contributed by atoms with Crippen LogP contribution in [0.1, 0.15) is 259 Å². The number of carbonyl (C=O) groups is 4. The van der Waals surface area contributed by atoms with Crippen molar-refractivity contribution in [3.05, 3.63) is 194 Å². The van der Waals surface area contributed by atoms with E-state index in [0.717, 1.165) is 148 Å². The summed E-state index contributed by atoms with van der Waals surface area (Å²) >= 11 is 0. The number of allylic oxidation sites excluding steroid dienone is 31. The Kier molecular flexibility index (Phi) is 70.7. The van der Waals surface area contributed by atoms with Gasteiger partial charge in [-0.15, -0.1) is 0 Å². The van der Waals surface area contributed by atoms with Gasteiger partial charge in [0.05, 0.1) is 32.8 Å². The van der Waals surface area contributed by atoms with Crippen molar-refractivity contribution in [2.45, 2.75) is 277 Å². The summed E-state index contributed by atoms with van der Waals surface area (Å²) in [6.45, 7) is 4.25. The number of phosphoric ester groups is 2. The highest BCUT2D eigenvalue weighted by atomic mass is 31.2.